The molecule has 102 valence electrons. The molecule has 0 aliphatic heterocycles. The lowest BCUT2D eigenvalue weighted by molar-refractivity contribution is 0.103. The van der Waals surface area contributed by atoms with Gasteiger partial charge in [0.25, 0.3) is 0 Å². The minimum Gasteiger partial charge on any atom is -0.289 e. The van der Waals surface area contributed by atoms with E-state index >= 15 is 0 Å². The fraction of sp³-hybridized carbons (Fsp3) is 0.235. The van der Waals surface area contributed by atoms with Gasteiger partial charge in [0.15, 0.2) is 5.78 Å². The van der Waals surface area contributed by atoms with Crippen molar-refractivity contribution < 1.29 is 4.79 Å². The molecule has 0 heterocycles. The van der Waals surface area contributed by atoms with Crippen LogP contribution in [0, 0.1) is 0 Å². The van der Waals surface area contributed by atoms with Crippen LogP contribution in [-0.2, 0) is 0 Å². The van der Waals surface area contributed by atoms with Gasteiger partial charge in [0.1, 0.15) is 0 Å². The molecule has 0 saturated heterocycles. The number of carbonyl (C=O) groups excluding carboxylic acids is 1. The van der Waals surface area contributed by atoms with E-state index in [0.29, 0.717) is 22.1 Å². The van der Waals surface area contributed by atoms with Crippen molar-refractivity contribution in [3.05, 3.63) is 68.7 Å². The average molecular weight is 350 g/mol. The molecule has 3 heteroatoms. The Morgan fingerprint density at radius 3 is 2.40 bits per heavy atom. The van der Waals surface area contributed by atoms with Gasteiger partial charge in [0, 0.05) is 15.6 Å². The molecule has 1 nitrogen and oxygen atoms in total. The first-order chi connectivity index (χ1) is 9.66. The lowest BCUT2D eigenvalue weighted by Crippen LogP contribution is -2.09. The summed E-state index contributed by atoms with van der Waals surface area (Å²) in [5.74, 6) is 0.657. The number of hydrogen-bond donors (Lipinski definition) is 0. The molecule has 2 aromatic rings. The van der Waals surface area contributed by atoms with Gasteiger partial charge in [-0.05, 0) is 52.4 Å². The normalized spacial score (nSPS) is 14.9. The zero-order valence-electron chi connectivity index (χ0n) is 10.9. The van der Waals surface area contributed by atoms with Crippen molar-refractivity contribution in [3.63, 3.8) is 0 Å². The number of ketones is 1. The van der Waals surface area contributed by atoms with Crippen LogP contribution in [0.2, 0.25) is 5.02 Å². The summed E-state index contributed by atoms with van der Waals surface area (Å²) in [6, 6.07) is 13.4. The first-order valence-electron chi connectivity index (χ1n) is 6.75. The minimum atomic E-state index is -0.0311. The largest absolute Gasteiger partial charge is 0.289 e. The Bertz CT molecular complexity index is 645. The molecule has 1 saturated carbocycles. The third-order valence-electron chi connectivity index (χ3n) is 3.95. The third kappa shape index (κ3) is 2.55. The molecule has 0 atom stereocenters. The summed E-state index contributed by atoms with van der Waals surface area (Å²) in [4.78, 5) is 12.5. The van der Waals surface area contributed by atoms with Crippen molar-refractivity contribution in [3.8, 4) is 0 Å². The highest BCUT2D eigenvalue weighted by Crippen LogP contribution is 2.36. The van der Waals surface area contributed by atoms with E-state index in [-0.39, 0.29) is 5.78 Å². The standard InChI is InChI=1S/C17H14BrClO/c18-15-6-2-5-14(16(15)19)17(20)13-9-7-12(8-10-13)11-3-1-4-11/h2,5-11H,1,3-4H2. The van der Waals surface area contributed by atoms with E-state index in [0.717, 1.165) is 4.47 Å². The van der Waals surface area contributed by atoms with Gasteiger partial charge >= 0.3 is 0 Å². The second-order valence-corrected chi connectivity index (χ2v) is 6.41. The van der Waals surface area contributed by atoms with Crippen LogP contribution in [0.1, 0.15) is 46.7 Å². The maximum absolute atomic E-state index is 12.5. The Morgan fingerprint density at radius 2 is 1.80 bits per heavy atom. The second kappa shape index (κ2) is 5.71. The summed E-state index contributed by atoms with van der Waals surface area (Å²) in [5, 5.41) is 0.473. The van der Waals surface area contributed by atoms with Crippen molar-refractivity contribution in [2.24, 2.45) is 0 Å². The second-order valence-electron chi connectivity index (χ2n) is 5.18. The van der Waals surface area contributed by atoms with Crippen molar-refractivity contribution in [2.75, 3.05) is 0 Å². The molecule has 1 fully saturated rings. The van der Waals surface area contributed by atoms with Crippen molar-refractivity contribution >= 4 is 33.3 Å². The zero-order chi connectivity index (χ0) is 14.1. The quantitative estimate of drug-likeness (QED) is 0.659. The maximum Gasteiger partial charge on any atom is 0.194 e. The van der Waals surface area contributed by atoms with E-state index < -0.39 is 0 Å². The van der Waals surface area contributed by atoms with Crippen LogP contribution in [0.15, 0.2) is 46.9 Å². The van der Waals surface area contributed by atoms with Crippen LogP contribution < -0.4 is 0 Å². The number of hydrogen-bond acceptors (Lipinski definition) is 1. The summed E-state index contributed by atoms with van der Waals surface area (Å²) >= 11 is 9.53. The summed E-state index contributed by atoms with van der Waals surface area (Å²) in [7, 11) is 0. The number of carbonyl (C=O) groups is 1. The number of rotatable bonds is 3. The molecule has 0 unspecified atom stereocenters. The minimum absolute atomic E-state index is 0.0311. The molecule has 0 radical (unpaired) electrons. The highest BCUT2D eigenvalue weighted by atomic mass is 79.9. The lowest BCUT2D eigenvalue weighted by atomic mass is 9.80. The predicted octanol–water partition coefficient (Wildman–Crippen LogP) is 5.60. The van der Waals surface area contributed by atoms with Crippen LogP contribution in [-0.4, -0.2) is 5.78 Å². The van der Waals surface area contributed by atoms with E-state index in [1.54, 1.807) is 6.07 Å². The fourth-order valence-electron chi connectivity index (χ4n) is 2.48. The van der Waals surface area contributed by atoms with Crippen molar-refractivity contribution in [1.82, 2.24) is 0 Å². The molecule has 0 aromatic heterocycles. The fourth-order valence-corrected chi connectivity index (χ4v) is 3.06. The summed E-state index contributed by atoms with van der Waals surface area (Å²) in [6.45, 7) is 0. The topological polar surface area (TPSA) is 17.1 Å². The Balaban J connectivity index is 1.88. The Kier molecular flexibility index (Phi) is 3.95. The van der Waals surface area contributed by atoms with Gasteiger partial charge in [-0.15, -0.1) is 0 Å². The third-order valence-corrected chi connectivity index (χ3v) is 5.24. The van der Waals surface area contributed by atoms with Gasteiger partial charge in [-0.2, -0.15) is 0 Å². The molecule has 0 bridgehead atoms. The van der Waals surface area contributed by atoms with Crippen molar-refractivity contribution in [1.29, 1.82) is 0 Å². The van der Waals surface area contributed by atoms with E-state index in [1.807, 2.05) is 24.3 Å². The molecule has 1 aliphatic rings. The Hall–Kier alpha value is -1.12. The number of halogens is 2. The highest BCUT2D eigenvalue weighted by Gasteiger charge is 2.20. The molecule has 1 aliphatic carbocycles. The number of benzene rings is 2. The monoisotopic (exact) mass is 348 g/mol. The molecular weight excluding hydrogens is 336 g/mol. The van der Waals surface area contributed by atoms with Crippen LogP contribution in [0.4, 0.5) is 0 Å². The SMILES string of the molecule is O=C(c1ccc(C2CCC2)cc1)c1cccc(Br)c1Cl. The van der Waals surface area contributed by atoms with E-state index in [4.69, 9.17) is 11.6 Å². The lowest BCUT2D eigenvalue weighted by Gasteiger charge is -2.25. The van der Waals surface area contributed by atoms with Crippen LogP contribution in [0.5, 0.6) is 0 Å². The van der Waals surface area contributed by atoms with Gasteiger partial charge in [0.05, 0.1) is 5.02 Å². The van der Waals surface area contributed by atoms with E-state index in [2.05, 4.69) is 28.1 Å². The molecule has 0 amide bonds. The summed E-state index contributed by atoms with van der Waals surface area (Å²) < 4.78 is 0.746. The molecule has 0 spiro atoms. The molecule has 2 aromatic carbocycles. The molecular formula is C17H14BrClO. The summed E-state index contributed by atoms with van der Waals surface area (Å²) in [6.07, 6.45) is 3.86. The first-order valence-corrected chi connectivity index (χ1v) is 7.92. The molecule has 3 rings (SSSR count). The predicted molar refractivity (Wildman–Crippen MR) is 85.6 cm³/mol. The highest BCUT2D eigenvalue weighted by molar-refractivity contribution is 9.10. The van der Waals surface area contributed by atoms with Gasteiger partial charge in [-0.1, -0.05) is 48.4 Å². The van der Waals surface area contributed by atoms with Crippen molar-refractivity contribution in [2.45, 2.75) is 25.2 Å². The van der Waals surface area contributed by atoms with Crippen LogP contribution in [0.25, 0.3) is 0 Å². The zero-order valence-corrected chi connectivity index (χ0v) is 13.2. The smallest absolute Gasteiger partial charge is 0.194 e. The Labute approximate surface area is 132 Å². The van der Waals surface area contributed by atoms with Crippen LogP contribution >= 0.6 is 27.5 Å². The van der Waals surface area contributed by atoms with Gasteiger partial charge in [-0.3, -0.25) is 4.79 Å². The van der Waals surface area contributed by atoms with Gasteiger partial charge < -0.3 is 0 Å². The first kappa shape index (κ1) is 13.8. The molecule has 0 N–H and O–H groups in total. The van der Waals surface area contributed by atoms with E-state index in [9.17, 15) is 4.79 Å². The van der Waals surface area contributed by atoms with E-state index in [1.165, 1.54) is 24.8 Å². The average Bonchev–Trinajstić information content (AvgIpc) is 2.40. The van der Waals surface area contributed by atoms with Gasteiger partial charge in [0.2, 0.25) is 0 Å². The Morgan fingerprint density at radius 1 is 1.10 bits per heavy atom. The maximum atomic E-state index is 12.5. The molecule has 20 heavy (non-hydrogen) atoms. The van der Waals surface area contributed by atoms with Gasteiger partial charge in [-0.25, -0.2) is 0 Å². The summed E-state index contributed by atoms with van der Waals surface area (Å²) in [5.41, 5.74) is 2.57. The van der Waals surface area contributed by atoms with Crippen LogP contribution in [0.3, 0.4) is 0 Å².